The van der Waals surface area contributed by atoms with E-state index in [0.717, 1.165) is 11.1 Å². The van der Waals surface area contributed by atoms with E-state index >= 15 is 9.59 Å². The van der Waals surface area contributed by atoms with Crippen LogP contribution in [0, 0.1) is 58.3 Å². The maximum Gasteiger partial charge on any atom is 0.419 e. The number of aliphatic carboxylic acids is 1. The van der Waals surface area contributed by atoms with E-state index in [1.165, 1.54) is 17.7 Å². The van der Waals surface area contributed by atoms with Gasteiger partial charge in [-0.2, -0.15) is 0 Å². The first-order valence-electron chi connectivity index (χ1n) is 36.9. The smallest absolute Gasteiger partial charge is 0.419 e. The molecule has 0 saturated carbocycles. The number of carbonyl (C=O) groups excluding carboxylic acids is 7. The summed E-state index contributed by atoms with van der Waals surface area (Å²) < 4.78 is 86.6. The van der Waals surface area contributed by atoms with Gasteiger partial charge in [-0.3, -0.25) is 44.2 Å². The monoisotopic (exact) mass is 1570 g/mol. The zero-order chi connectivity index (χ0) is 82.1. The molecule has 0 spiro atoms. The Morgan fingerprint density at radius 3 is 1.54 bits per heavy atom. The lowest BCUT2D eigenvalue weighted by Gasteiger charge is -2.35. The Bertz CT molecular complexity index is 4590. The number of hydrogen-bond donors (Lipinski definition) is 13. The Morgan fingerprint density at radius 1 is 0.591 bits per heavy atom. The lowest BCUT2D eigenvalue weighted by molar-refractivity contribution is -0.142. The maximum absolute atomic E-state index is 15.2. The van der Waals surface area contributed by atoms with Crippen molar-refractivity contribution in [1.29, 1.82) is 10.8 Å². The van der Waals surface area contributed by atoms with Crippen LogP contribution in [0.5, 0.6) is 17.2 Å². The number of carboxylic acids is 1. The van der Waals surface area contributed by atoms with Gasteiger partial charge in [0, 0.05) is 43.6 Å². The van der Waals surface area contributed by atoms with Crippen LogP contribution in [0.2, 0.25) is 0 Å². The lowest BCUT2D eigenvalue weighted by atomic mass is 9.88. The van der Waals surface area contributed by atoms with E-state index < -0.39 is 139 Å². The highest BCUT2D eigenvalue weighted by molar-refractivity contribution is 7.90. The van der Waals surface area contributed by atoms with E-state index in [-0.39, 0.29) is 72.9 Å². The minimum absolute atomic E-state index is 0.00421. The average molecular weight is 1570 g/mol. The van der Waals surface area contributed by atoms with Crippen LogP contribution < -0.4 is 66.2 Å². The molecule has 2 aliphatic heterocycles. The first kappa shape index (κ1) is 87.2. The van der Waals surface area contributed by atoms with E-state index in [4.69, 9.17) is 29.8 Å². The lowest BCUT2D eigenvalue weighted by Crippen LogP contribution is -2.57. The second kappa shape index (κ2) is 35.4. The molecule has 5 aromatic rings. The summed E-state index contributed by atoms with van der Waals surface area (Å²) in [6, 6.07) is 5.67. The fourth-order valence-electron chi connectivity index (χ4n) is 13.4. The summed E-state index contributed by atoms with van der Waals surface area (Å²) in [4.78, 5) is 113. The molecule has 602 valence electrons. The third-order valence-corrected chi connectivity index (χ3v) is 22.2. The number of fused-ring (bicyclic) bond motifs is 3. The number of hydrogen-bond acceptors (Lipinski definition) is 18. The van der Waals surface area contributed by atoms with Crippen LogP contribution in [-0.4, -0.2) is 152 Å². The van der Waals surface area contributed by atoms with Crippen LogP contribution in [0.3, 0.4) is 0 Å². The van der Waals surface area contributed by atoms with Crippen molar-refractivity contribution in [2.24, 2.45) is 5.92 Å². The van der Waals surface area contributed by atoms with E-state index in [9.17, 15) is 50.7 Å². The number of aromatic nitrogens is 1. The van der Waals surface area contributed by atoms with Crippen LogP contribution in [0.1, 0.15) is 197 Å². The molecule has 32 heteroatoms. The number of carboxylic acid groups (broad SMARTS) is 1. The largest absolute Gasteiger partial charge is 0.488 e. The highest BCUT2D eigenvalue weighted by atomic mass is 32.2. The molecule has 4 aromatic carbocycles. The summed E-state index contributed by atoms with van der Waals surface area (Å²) in [6.45, 7) is 32.2. The maximum atomic E-state index is 15.2. The normalized spacial score (nSPS) is 15.2. The third-order valence-electron chi connectivity index (χ3n) is 19.0. The Morgan fingerprint density at radius 2 is 1.06 bits per heavy atom. The van der Waals surface area contributed by atoms with Crippen molar-refractivity contribution in [2.45, 2.75) is 258 Å². The van der Waals surface area contributed by atoms with E-state index in [2.05, 4.69) is 52.0 Å². The molecule has 13 N–H and O–H groups in total. The molecule has 0 fully saturated rings. The second-order valence-electron chi connectivity index (χ2n) is 32.0. The number of ether oxygens (including phenoxy) is 4. The van der Waals surface area contributed by atoms with Crippen LogP contribution in [0.15, 0.2) is 64.5 Å². The fourth-order valence-corrected chi connectivity index (χ4v) is 16.5. The molecule has 3 heterocycles. The molecule has 7 rings (SSSR count). The van der Waals surface area contributed by atoms with Gasteiger partial charge in [0.25, 0.3) is 20.0 Å². The first-order valence-corrected chi connectivity index (χ1v) is 39.9. The average Bonchev–Trinajstić information content (AvgIpc) is 0.937. The van der Waals surface area contributed by atoms with Crippen molar-refractivity contribution < 1.29 is 79.2 Å². The predicted octanol–water partition coefficient (Wildman–Crippen LogP) is 7.83. The highest BCUT2D eigenvalue weighted by Gasteiger charge is 2.39. The van der Waals surface area contributed by atoms with Crippen LogP contribution in [0.25, 0.3) is 10.9 Å². The number of guanidine groups is 2. The van der Waals surface area contributed by atoms with Crippen LogP contribution in [-0.2, 0) is 77.6 Å². The summed E-state index contributed by atoms with van der Waals surface area (Å²) >= 11 is 0. The summed E-state index contributed by atoms with van der Waals surface area (Å²) in [6.07, 6.45) is 2.15. The Labute approximate surface area is 645 Å². The number of sulfonamides is 2. The first-order chi connectivity index (χ1) is 51.0. The van der Waals surface area contributed by atoms with Gasteiger partial charge in [0.05, 0.1) is 21.9 Å². The summed E-state index contributed by atoms with van der Waals surface area (Å²) in [5, 5.41) is 49.1. The Kier molecular flexibility index (Phi) is 28.0. The summed E-state index contributed by atoms with van der Waals surface area (Å²) in [7, 11) is -8.75. The summed E-state index contributed by atoms with van der Waals surface area (Å²) in [5.41, 5.74) is 3.11. The van der Waals surface area contributed by atoms with Gasteiger partial charge in [-0.1, -0.05) is 44.2 Å². The molecule has 2 aliphatic rings. The zero-order valence-electron chi connectivity index (χ0n) is 66.6. The van der Waals surface area contributed by atoms with E-state index in [1.54, 1.807) is 125 Å². The van der Waals surface area contributed by atoms with Crippen molar-refractivity contribution in [3.8, 4) is 17.2 Å². The van der Waals surface area contributed by atoms with Gasteiger partial charge in [-0.15, -0.1) is 0 Å². The SMILES string of the molecule is CC(=O)NC(C(=O)N[C@@H](Cc1ccc(OC(C)(C)C)cc1)C(=O)N[C@@H](CCCNC(=N)NS(=O)(=O)c1c(C)c(C)c2c(c1C)CCC(C)(C)O2)C(=O)NCC(=O)N[C@@H](CCCNC(=N)NS(=O)(=O)c1c(C)c(C)c2c(c1C)CCC(C)(C)O2)C(=O)N[C@@H](CC(C)C)C(=O)O)c1cn(C(=O)OC(C)(C)C)c2ccccc12. The van der Waals surface area contributed by atoms with Crippen molar-refractivity contribution >= 4 is 90.4 Å². The molecular weight excluding hydrogens is 1460 g/mol. The van der Waals surface area contributed by atoms with Gasteiger partial charge in [0.15, 0.2) is 0 Å². The minimum atomic E-state index is -4.40. The van der Waals surface area contributed by atoms with Crippen LogP contribution in [0.4, 0.5) is 4.79 Å². The summed E-state index contributed by atoms with van der Waals surface area (Å²) in [5.74, 6) is -6.45. The molecule has 110 heavy (non-hydrogen) atoms. The van der Waals surface area contributed by atoms with Crippen molar-refractivity contribution in [3.05, 3.63) is 110 Å². The topological polar surface area (TPSA) is 435 Å². The molecule has 1 unspecified atom stereocenters. The number of nitrogens with one attached hydrogen (secondary N) is 12. The van der Waals surface area contributed by atoms with Gasteiger partial charge < -0.3 is 66.6 Å². The van der Waals surface area contributed by atoms with Gasteiger partial charge in [0.1, 0.15) is 69.9 Å². The van der Waals surface area contributed by atoms with Gasteiger partial charge >= 0.3 is 12.1 Å². The predicted molar refractivity (Wildman–Crippen MR) is 416 cm³/mol. The molecule has 0 saturated heterocycles. The minimum Gasteiger partial charge on any atom is -0.488 e. The second-order valence-corrected chi connectivity index (χ2v) is 35.2. The number of rotatable bonds is 30. The number of carbonyl (C=O) groups is 8. The van der Waals surface area contributed by atoms with Crippen molar-refractivity contribution in [1.82, 2.24) is 56.5 Å². The fraction of sp³-hybridized carbons (Fsp3) is 0.538. The zero-order valence-corrected chi connectivity index (χ0v) is 68.2. The molecule has 0 radical (unpaired) electrons. The Balaban J connectivity index is 1.15. The molecular formula is C78H111N13O17S2. The van der Waals surface area contributed by atoms with Gasteiger partial charge in [0.2, 0.25) is 47.4 Å². The van der Waals surface area contributed by atoms with Crippen molar-refractivity contribution in [3.63, 3.8) is 0 Å². The van der Waals surface area contributed by atoms with E-state index in [0.29, 0.717) is 92.8 Å². The molecule has 30 nitrogen and oxygen atoms in total. The number of para-hydroxylation sites is 1. The van der Waals surface area contributed by atoms with E-state index in [1.807, 2.05) is 48.5 Å². The molecule has 5 atom stereocenters. The highest BCUT2D eigenvalue weighted by Crippen LogP contribution is 2.44. The van der Waals surface area contributed by atoms with Crippen LogP contribution >= 0.6 is 0 Å². The van der Waals surface area contributed by atoms with Gasteiger partial charge in [-0.25, -0.2) is 35.9 Å². The standard InChI is InChI=1S/C78H111N13O17S2/c1-42(2)38-59(71(98)99)88-68(95)57(26-23-37-82-73(80)90-110(103,104)66-46(6)44(4)64-53(48(66)8)33-35-78(18,19)107-64)85-61(93)40-83-67(94)56(25-22-36-81-72(79)89-109(101,102)65-45(5)43(3)63-52(47(65)7)32-34-77(16,17)106-63)86-69(96)58(39-50-28-30-51(31-29-50)105-75(10,11)12)87-70(97)62(84-49(9)92)55-41-91(74(100)108-76(13,14)15)60-27-21-20-24-54(55)60/h20-21,24,27-31,41-42,56-59,62H,22-23,25-26,32-40H2,1-19H3,(H,83,94)(H,84,92)(H,85,93)(H,86,96)(H,87,97)(H,88,95)(H,98,99)(H3,79,81,89)(H3,80,82,90)/t56-,57-,58-,59-,62?/m0/s1. The molecule has 0 aliphatic carbocycles. The quantitative estimate of drug-likeness (QED) is 0.0118. The molecule has 6 amide bonds. The molecule has 1 aromatic heterocycles. The van der Waals surface area contributed by atoms with Crippen molar-refractivity contribution in [2.75, 3.05) is 19.6 Å². The third kappa shape index (κ3) is 23.1. The number of nitrogens with zero attached hydrogens (tertiary/aromatic N) is 1. The van der Waals surface area contributed by atoms with Gasteiger partial charge in [-0.05, 0) is 243 Å². The Hall–Kier alpha value is -9.98. The number of benzene rings is 4. The number of amides is 6. The molecule has 0 bridgehead atoms.